The molecule has 1 unspecified atom stereocenters. The van der Waals surface area contributed by atoms with Gasteiger partial charge < -0.3 is 4.74 Å². The van der Waals surface area contributed by atoms with Crippen LogP contribution in [0, 0.1) is 18.3 Å². The number of benzene rings is 1. The lowest BCUT2D eigenvalue weighted by atomic mass is 10.1. The Morgan fingerprint density at radius 1 is 1.44 bits per heavy atom. The maximum absolute atomic E-state index is 11.4. The highest BCUT2D eigenvalue weighted by atomic mass is 16.5. The highest BCUT2D eigenvalue weighted by Gasteiger charge is 2.02. The lowest BCUT2D eigenvalue weighted by Crippen LogP contribution is -2.08. The number of terminal acetylenes is 1. The molecule has 1 atom stereocenters. The molecule has 0 saturated carbocycles. The van der Waals surface area contributed by atoms with E-state index in [2.05, 4.69) is 19.8 Å². The van der Waals surface area contributed by atoms with E-state index in [0.717, 1.165) is 17.5 Å². The van der Waals surface area contributed by atoms with Gasteiger partial charge in [0.25, 0.3) is 0 Å². The number of hydrogen-bond acceptors (Lipinski definition) is 2. The van der Waals surface area contributed by atoms with Gasteiger partial charge in [-0.05, 0) is 29.7 Å². The zero-order valence-electron chi connectivity index (χ0n) is 10.8. The molecule has 1 rings (SSSR count). The molecule has 2 heteroatoms. The average molecular weight is 242 g/mol. The Labute approximate surface area is 109 Å². The molecule has 0 aromatic heterocycles. The minimum Gasteiger partial charge on any atom is -0.462 e. The summed E-state index contributed by atoms with van der Waals surface area (Å²) in [5, 5.41) is 0. The van der Waals surface area contributed by atoms with Gasteiger partial charge in [0.2, 0.25) is 0 Å². The molecule has 0 fully saturated rings. The molecule has 0 heterocycles. The largest absolute Gasteiger partial charge is 0.462 e. The summed E-state index contributed by atoms with van der Waals surface area (Å²) < 4.78 is 5.10. The minimum absolute atomic E-state index is 0.309. The third-order valence-electron chi connectivity index (χ3n) is 2.70. The molecule has 94 valence electrons. The summed E-state index contributed by atoms with van der Waals surface area (Å²) in [6.45, 7) is 4.59. The van der Waals surface area contributed by atoms with Crippen LogP contribution in [0.2, 0.25) is 0 Å². The molecule has 18 heavy (non-hydrogen) atoms. The van der Waals surface area contributed by atoms with Crippen LogP contribution >= 0.6 is 0 Å². The van der Waals surface area contributed by atoms with Crippen LogP contribution < -0.4 is 0 Å². The Hall–Kier alpha value is -2.01. The molecule has 2 nitrogen and oxygen atoms in total. The van der Waals surface area contributed by atoms with Crippen LogP contribution in [0.4, 0.5) is 0 Å². The van der Waals surface area contributed by atoms with Crippen molar-refractivity contribution in [3.63, 3.8) is 0 Å². The van der Waals surface area contributed by atoms with E-state index in [1.54, 1.807) is 6.08 Å². The molecule has 0 aliphatic carbocycles. The first-order chi connectivity index (χ1) is 8.65. The van der Waals surface area contributed by atoms with Crippen molar-refractivity contribution in [3.05, 3.63) is 41.5 Å². The van der Waals surface area contributed by atoms with Crippen LogP contribution in [0.5, 0.6) is 0 Å². The summed E-state index contributed by atoms with van der Waals surface area (Å²) in [5.41, 5.74) is 1.75. The summed E-state index contributed by atoms with van der Waals surface area (Å²) in [5.74, 6) is 2.63. The lowest BCUT2D eigenvalue weighted by Gasteiger charge is -2.07. The predicted molar refractivity (Wildman–Crippen MR) is 73.8 cm³/mol. The molecule has 0 N–H and O–H groups in total. The van der Waals surface area contributed by atoms with Crippen LogP contribution in [-0.2, 0) is 9.53 Å². The van der Waals surface area contributed by atoms with E-state index in [9.17, 15) is 4.79 Å². The molecule has 0 spiro atoms. The highest BCUT2D eigenvalue weighted by molar-refractivity contribution is 5.87. The van der Waals surface area contributed by atoms with Crippen molar-refractivity contribution >= 4 is 12.0 Å². The second-order valence-corrected chi connectivity index (χ2v) is 4.24. The molecule has 1 aromatic carbocycles. The number of ether oxygens (including phenoxy) is 1. The van der Waals surface area contributed by atoms with Gasteiger partial charge in [0.15, 0.2) is 0 Å². The second-order valence-electron chi connectivity index (χ2n) is 4.24. The van der Waals surface area contributed by atoms with Gasteiger partial charge in [-0.15, -0.1) is 6.42 Å². The standard InChI is InChI=1S/C16H18O2/c1-4-13(3)12-18-16(17)11-10-15-8-6-14(5-2)7-9-15/h2,6-11,13H,4,12H2,1,3H3/b11-10+. The number of carbonyl (C=O) groups excluding carboxylic acids is 1. The van der Waals surface area contributed by atoms with Gasteiger partial charge in [-0.1, -0.05) is 38.3 Å². The Morgan fingerprint density at radius 2 is 2.11 bits per heavy atom. The molecule has 1 aromatic rings. The first-order valence-corrected chi connectivity index (χ1v) is 6.07. The van der Waals surface area contributed by atoms with Crippen LogP contribution in [-0.4, -0.2) is 12.6 Å². The highest BCUT2D eigenvalue weighted by Crippen LogP contribution is 2.06. The van der Waals surface area contributed by atoms with Crippen molar-refractivity contribution in [2.45, 2.75) is 20.3 Å². The molecule has 0 aliphatic rings. The summed E-state index contributed by atoms with van der Waals surface area (Å²) in [7, 11) is 0. The summed E-state index contributed by atoms with van der Waals surface area (Å²) >= 11 is 0. The zero-order valence-corrected chi connectivity index (χ0v) is 10.8. The minimum atomic E-state index is -0.309. The summed E-state index contributed by atoms with van der Waals surface area (Å²) in [4.78, 5) is 11.4. The van der Waals surface area contributed by atoms with Crippen LogP contribution in [0.15, 0.2) is 30.3 Å². The van der Waals surface area contributed by atoms with Gasteiger partial charge in [0.05, 0.1) is 6.61 Å². The molecular weight excluding hydrogens is 224 g/mol. The number of carbonyl (C=O) groups is 1. The predicted octanol–water partition coefficient (Wildman–Crippen LogP) is 3.27. The number of esters is 1. The van der Waals surface area contributed by atoms with E-state index in [1.807, 2.05) is 24.3 Å². The molecular formula is C16H18O2. The van der Waals surface area contributed by atoms with Gasteiger partial charge >= 0.3 is 5.97 Å². The van der Waals surface area contributed by atoms with E-state index in [-0.39, 0.29) is 5.97 Å². The zero-order chi connectivity index (χ0) is 13.4. The van der Waals surface area contributed by atoms with E-state index < -0.39 is 0 Å². The van der Waals surface area contributed by atoms with Crippen molar-refractivity contribution < 1.29 is 9.53 Å². The van der Waals surface area contributed by atoms with Gasteiger partial charge in [-0.3, -0.25) is 0 Å². The SMILES string of the molecule is C#Cc1ccc(/C=C/C(=O)OCC(C)CC)cc1. The fourth-order valence-corrected chi connectivity index (χ4v) is 1.25. The first-order valence-electron chi connectivity index (χ1n) is 6.07. The maximum Gasteiger partial charge on any atom is 0.330 e. The maximum atomic E-state index is 11.4. The molecule has 0 amide bonds. The van der Waals surface area contributed by atoms with E-state index in [0.29, 0.717) is 12.5 Å². The van der Waals surface area contributed by atoms with E-state index in [4.69, 9.17) is 11.2 Å². The summed E-state index contributed by atoms with van der Waals surface area (Å²) in [6, 6.07) is 7.41. The van der Waals surface area contributed by atoms with Crippen molar-refractivity contribution in [1.82, 2.24) is 0 Å². The van der Waals surface area contributed by atoms with Gasteiger partial charge in [-0.2, -0.15) is 0 Å². The van der Waals surface area contributed by atoms with Crippen molar-refractivity contribution in [3.8, 4) is 12.3 Å². The normalized spacial score (nSPS) is 12.1. The van der Waals surface area contributed by atoms with E-state index >= 15 is 0 Å². The number of hydrogen-bond donors (Lipinski definition) is 0. The first kappa shape index (κ1) is 14.1. The molecule has 0 saturated heterocycles. The van der Waals surface area contributed by atoms with Crippen molar-refractivity contribution in [2.24, 2.45) is 5.92 Å². The molecule has 0 radical (unpaired) electrons. The smallest absolute Gasteiger partial charge is 0.330 e. The fraction of sp³-hybridized carbons (Fsp3) is 0.312. The summed E-state index contributed by atoms with van der Waals surface area (Å²) in [6.07, 6.45) is 9.42. The Kier molecular flexibility index (Phi) is 5.73. The second kappa shape index (κ2) is 7.34. The fourth-order valence-electron chi connectivity index (χ4n) is 1.25. The average Bonchev–Trinajstić information content (AvgIpc) is 2.42. The third-order valence-corrected chi connectivity index (χ3v) is 2.70. The Bertz CT molecular complexity index is 449. The topological polar surface area (TPSA) is 26.3 Å². The van der Waals surface area contributed by atoms with E-state index in [1.165, 1.54) is 6.08 Å². The van der Waals surface area contributed by atoms with Crippen molar-refractivity contribution in [1.29, 1.82) is 0 Å². The van der Waals surface area contributed by atoms with Gasteiger partial charge in [0, 0.05) is 11.6 Å². The monoisotopic (exact) mass is 242 g/mol. The quantitative estimate of drug-likeness (QED) is 0.450. The molecule has 0 aliphatic heterocycles. The van der Waals surface area contributed by atoms with Crippen LogP contribution in [0.3, 0.4) is 0 Å². The van der Waals surface area contributed by atoms with Crippen LogP contribution in [0.25, 0.3) is 6.08 Å². The van der Waals surface area contributed by atoms with Crippen molar-refractivity contribution in [2.75, 3.05) is 6.61 Å². The Balaban J connectivity index is 2.48. The number of rotatable bonds is 5. The molecule has 0 bridgehead atoms. The Morgan fingerprint density at radius 3 is 2.67 bits per heavy atom. The lowest BCUT2D eigenvalue weighted by molar-refractivity contribution is -0.138. The van der Waals surface area contributed by atoms with Gasteiger partial charge in [0.1, 0.15) is 0 Å². The third kappa shape index (κ3) is 4.88. The van der Waals surface area contributed by atoms with Gasteiger partial charge in [-0.25, -0.2) is 4.79 Å². The van der Waals surface area contributed by atoms with Crippen LogP contribution in [0.1, 0.15) is 31.4 Å².